The SMILES string of the molecule is Cc1cc(-c2nn(-c3cccc(F)c3)cc2C=O)c(C)o1. The maximum absolute atomic E-state index is 13.3. The molecule has 21 heavy (non-hydrogen) atoms. The van der Waals surface area contributed by atoms with Crippen molar-refractivity contribution in [1.82, 2.24) is 9.78 Å². The molecule has 0 N–H and O–H groups in total. The summed E-state index contributed by atoms with van der Waals surface area (Å²) in [5.41, 5.74) is 2.29. The van der Waals surface area contributed by atoms with Crippen LogP contribution in [0, 0.1) is 19.7 Å². The van der Waals surface area contributed by atoms with E-state index in [-0.39, 0.29) is 5.82 Å². The molecule has 3 aromatic rings. The number of aldehydes is 1. The lowest BCUT2D eigenvalue weighted by Crippen LogP contribution is -1.95. The zero-order chi connectivity index (χ0) is 15.0. The van der Waals surface area contributed by atoms with E-state index in [0.717, 1.165) is 17.6 Å². The van der Waals surface area contributed by atoms with E-state index in [2.05, 4.69) is 5.10 Å². The number of carbonyl (C=O) groups excluding carboxylic acids is 1. The average molecular weight is 284 g/mol. The number of halogens is 1. The molecule has 0 saturated carbocycles. The fourth-order valence-corrected chi connectivity index (χ4v) is 2.30. The number of rotatable bonds is 3. The summed E-state index contributed by atoms with van der Waals surface area (Å²) in [7, 11) is 0. The minimum Gasteiger partial charge on any atom is -0.466 e. The van der Waals surface area contributed by atoms with Gasteiger partial charge < -0.3 is 4.42 Å². The Morgan fingerprint density at radius 3 is 2.71 bits per heavy atom. The van der Waals surface area contributed by atoms with Gasteiger partial charge in [0.15, 0.2) is 6.29 Å². The minimum absolute atomic E-state index is 0.354. The van der Waals surface area contributed by atoms with Crippen molar-refractivity contribution in [1.29, 1.82) is 0 Å². The van der Waals surface area contributed by atoms with Gasteiger partial charge in [0, 0.05) is 11.8 Å². The van der Waals surface area contributed by atoms with Gasteiger partial charge in [-0.15, -0.1) is 0 Å². The van der Waals surface area contributed by atoms with Crippen LogP contribution < -0.4 is 0 Å². The van der Waals surface area contributed by atoms with E-state index < -0.39 is 0 Å². The van der Waals surface area contributed by atoms with Crippen molar-refractivity contribution in [2.75, 3.05) is 0 Å². The van der Waals surface area contributed by atoms with Crippen LogP contribution in [0.5, 0.6) is 0 Å². The van der Waals surface area contributed by atoms with Crippen LogP contribution in [0.15, 0.2) is 40.9 Å². The van der Waals surface area contributed by atoms with E-state index in [4.69, 9.17) is 4.42 Å². The second-order valence-electron chi connectivity index (χ2n) is 4.80. The van der Waals surface area contributed by atoms with Crippen LogP contribution in [0.3, 0.4) is 0 Å². The molecule has 0 spiro atoms. The Kier molecular flexibility index (Phi) is 3.17. The van der Waals surface area contributed by atoms with Crippen LogP contribution in [0.25, 0.3) is 16.9 Å². The molecule has 0 fully saturated rings. The Bertz CT molecular complexity index is 818. The van der Waals surface area contributed by atoms with Crippen molar-refractivity contribution in [2.45, 2.75) is 13.8 Å². The van der Waals surface area contributed by atoms with E-state index in [1.807, 2.05) is 19.9 Å². The highest BCUT2D eigenvalue weighted by molar-refractivity contribution is 5.86. The van der Waals surface area contributed by atoms with Gasteiger partial charge in [0.2, 0.25) is 0 Å². The first-order valence-electron chi connectivity index (χ1n) is 6.46. The Hall–Kier alpha value is -2.69. The van der Waals surface area contributed by atoms with Crippen LogP contribution in [-0.4, -0.2) is 16.1 Å². The number of furan rings is 1. The predicted octanol–water partition coefficient (Wildman–Crippen LogP) is 3.70. The second kappa shape index (κ2) is 5.01. The molecule has 0 aliphatic heterocycles. The lowest BCUT2D eigenvalue weighted by atomic mass is 10.1. The van der Waals surface area contributed by atoms with Crippen LogP contribution in [0.2, 0.25) is 0 Å². The molecule has 5 heteroatoms. The second-order valence-corrected chi connectivity index (χ2v) is 4.80. The lowest BCUT2D eigenvalue weighted by Gasteiger charge is -2.00. The largest absolute Gasteiger partial charge is 0.466 e. The van der Waals surface area contributed by atoms with Crippen LogP contribution in [-0.2, 0) is 0 Å². The maximum Gasteiger partial charge on any atom is 0.153 e. The smallest absolute Gasteiger partial charge is 0.153 e. The first-order chi connectivity index (χ1) is 10.1. The summed E-state index contributed by atoms with van der Waals surface area (Å²) in [6.45, 7) is 3.65. The molecule has 4 nitrogen and oxygen atoms in total. The van der Waals surface area contributed by atoms with Crippen LogP contribution in [0.4, 0.5) is 4.39 Å². The van der Waals surface area contributed by atoms with Crippen molar-refractivity contribution >= 4 is 6.29 Å². The highest BCUT2D eigenvalue weighted by Crippen LogP contribution is 2.28. The summed E-state index contributed by atoms with van der Waals surface area (Å²) in [4.78, 5) is 11.3. The van der Waals surface area contributed by atoms with Gasteiger partial charge in [-0.25, -0.2) is 9.07 Å². The maximum atomic E-state index is 13.3. The predicted molar refractivity (Wildman–Crippen MR) is 76.1 cm³/mol. The molecular weight excluding hydrogens is 271 g/mol. The van der Waals surface area contributed by atoms with Crippen LogP contribution in [0.1, 0.15) is 21.9 Å². The van der Waals surface area contributed by atoms with Gasteiger partial charge in [-0.1, -0.05) is 6.07 Å². The Balaban J connectivity index is 2.15. The van der Waals surface area contributed by atoms with Gasteiger partial charge in [0.05, 0.1) is 11.3 Å². The van der Waals surface area contributed by atoms with Crippen molar-refractivity contribution in [3.63, 3.8) is 0 Å². The number of carbonyl (C=O) groups is 1. The molecule has 0 aliphatic carbocycles. The number of nitrogens with zero attached hydrogens (tertiary/aromatic N) is 2. The van der Waals surface area contributed by atoms with Gasteiger partial charge >= 0.3 is 0 Å². The monoisotopic (exact) mass is 284 g/mol. The molecule has 106 valence electrons. The van der Waals surface area contributed by atoms with E-state index in [1.165, 1.54) is 16.8 Å². The third-order valence-electron chi connectivity index (χ3n) is 3.24. The zero-order valence-corrected chi connectivity index (χ0v) is 11.6. The van der Waals surface area contributed by atoms with E-state index in [1.54, 1.807) is 18.3 Å². The molecule has 3 rings (SSSR count). The third-order valence-corrected chi connectivity index (χ3v) is 3.24. The molecule has 2 heterocycles. The molecule has 0 amide bonds. The molecule has 0 saturated heterocycles. The van der Waals surface area contributed by atoms with Gasteiger partial charge in [0.25, 0.3) is 0 Å². The first-order valence-corrected chi connectivity index (χ1v) is 6.46. The standard InChI is InChI=1S/C16H13FN2O2/c1-10-6-15(11(2)21-10)16-12(9-20)8-19(18-16)14-5-3-4-13(17)7-14/h3-9H,1-2H3. The normalized spacial score (nSPS) is 10.8. The minimum atomic E-state index is -0.354. The van der Waals surface area contributed by atoms with Gasteiger partial charge in [-0.2, -0.15) is 5.10 Å². The number of benzene rings is 1. The van der Waals surface area contributed by atoms with Gasteiger partial charge in [-0.05, 0) is 38.1 Å². The zero-order valence-electron chi connectivity index (χ0n) is 11.6. The third kappa shape index (κ3) is 2.38. The number of hydrogen-bond donors (Lipinski definition) is 0. The summed E-state index contributed by atoms with van der Waals surface area (Å²) in [6, 6.07) is 7.87. The molecule has 0 aliphatic rings. The Labute approximate surface area is 120 Å². The highest BCUT2D eigenvalue weighted by Gasteiger charge is 2.16. The number of aryl methyl sites for hydroxylation is 2. The first kappa shape index (κ1) is 13.3. The molecule has 0 unspecified atom stereocenters. The summed E-state index contributed by atoms with van der Waals surface area (Å²) >= 11 is 0. The fraction of sp³-hybridized carbons (Fsp3) is 0.125. The topological polar surface area (TPSA) is 48.0 Å². The van der Waals surface area contributed by atoms with Crippen molar-refractivity contribution < 1.29 is 13.6 Å². The molecule has 0 atom stereocenters. The van der Waals surface area contributed by atoms with Crippen LogP contribution >= 0.6 is 0 Å². The van der Waals surface area contributed by atoms with Gasteiger partial charge in [0.1, 0.15) is 23.0 Å². The summed E-state index contributed by atoms with van der Waals surface area (Å²) < 4.78 is 20.3. The molecule has 0 radical (unpaired) electrons. The number of aromatic nitrogens is 2. The fourth-order valence-electron chi connectivity index (χ4n) is 2.30. The molecule has 2 aromatic heterocycles. The van der Waals surface area contributed by atoms with E-state index >= 15 is 0 Å². The molecule has 0 bridgehead atoms. The van der Waals surface area contributed by atoms with E-state index in [9.17, 15) is 9.18 Å². The quantitative estimate of drug-likeness (QED) is 0.689. The van der Waals surface area contributed by atoms with Gasteiger partial charge in [-0.3, -0.25) is 4.79 Å². The summed E-state index contributed by atoms with van der Waals surface area (Å²) in [6.07, 6.45) is 2.32. The molecular formula is C16H13FN2O2. The van der Waals surface area contributed by atoms with Crippen molar-refractivity contribution in [3.8, 4) is 16.9 Å². The number of hydrogen-bond acceptors (Lipinski definition) is 3. The Morgan fingerprint density at radius 1 is 1.29 bits per heavy atom. The average Bonchev–Trinajstić information content (AvgIpc) is 3.01. The summed E-state index contributed by atoms with van der Waals surface area (Å²) in [5, 5.41) is 4.40. The Morgan fingerprint density at radius 2 is 2.10 bits per heavy atom. The lowest BCUT2D eigenvalue weighted by molar-refractivity contribution is 0.112. The van der Waals surface area contributed by atoms with E-state index in [0.29, 0.717) is 22.7 Å². The van der Waals surface area contributed by atoms with Crippen molar-refractivity contribution in [3.05, 3.63) is 59.4 Å². The molecule has 1 aromatic carbocycles. The highest BCUT2D eigenvalue weighted by atomic mass is 19.1. The summed E-state index contributed by atoms with van der Waals surface area (Å²) in [5.74, 6) is 1.09. The van der Waals surface area contributed by atoms with Crippen molar-refractivity contribution in [2.24, 2.45) is 0 Å².